The Balaban J connectivity index is 2.38. The van der Waals surface area contributed by atoms with E-state index in [1.165, 1.54) is 38.5 Å². The molecule has 0 aliphatic rings. The maximum absolute atomic E-state index is 12.2. The highest BCUT2D eigenvalue weighted by Gasteiger charge is 2.18. The van der Waals surface area contributed by atoms with Gasteiger partial charge < -0.3 is 9.47 Å². The van der Waals surface area contributed by atoms with E-state index < -0.39 is 4.92 Å². The van der Waals surface area contributed by atoms with E-state index in [0.29, 0.717) is 11.3 Å². The van der Waals surface area contributed by atoms with Crippen LogP contribution in [0, 0.1) is 13.7 Å². The third-order valence-electron chi connectivity index (χ3n) is 3.27. The van der Waals surface area contributed by atoms with Crippen LogP contribution in [-0.2, 0) is 0 Å². The number of methoxy groups -OCH3 is 2. The Morgan fingerprint density at radius 2 is 1.71 bits per heavy atom. The van der Waals surface area contributed by atoms with Crippen molar-refractivity contribution in [3.8, 4) is 11.5 Å². The zero-order valence-electron chi connectivity index (χ0n) is 13.0. The van der Waals surface area contributed by atoms with Crippen molar-refractivity contribution < 1.29 is 19.2 Å². The highest BCUT2D eigenvalue weighted by atomic mass is 127. The Hall–Kier alpha value is -2.42. The lowest BCUT2D eigenvalue weighted by molar-refractivity contribution is -0.385. The van der Waals surface area contributed by atoms with Gasteiger partial charge in [-0.2, -0.15) is 0 Å². The highest BCUT2D eigenvalue weighted by Crippen LogP contribution is 2.35. The molecule has 2 aromatic rings. The zero-order chi connectivity index (χ0) is 17.7. The minimum atomic E-state index is -0.531. The summed E-state index contributed by atoms with van der Waals surface area (Å²) in [6.07, 6.45) is 2.71. The van der Waals surface area contributed by atoms with Crippen LogP contribution >= 0.6 is 22.6 Å². The molecule has 0 N–H and O–H groups in total. The first kappa shape index (κ1) is 17.9. The third-order valence-corrected chi connectivity index (χ3v) is 3.99. The maximum Gasteiger partial charge on any atom is 0.280 e. The average molecular weight is 439 g/mol. The van der Waals surface area contributed by atoms with Crippen LogP contribution in [0.1, 0.15) is 15.9 Å². The van der Waals surface area contributed by atoms with Crippen LogP contribution in [0.2, 0.25) is 0 Å². The Morgan fingerprint density at radius 3 is 2.25 bits per heavy atom. The Bertz CT molecular complexity index is 799. The number of ether oxygens (including phenoxy) is 2. The molecule has 0 bridgehead atoms. The second kappa shape index (κ2) is 7.91. The van der Waals surface area contributed by atoms with E-state index in [2.05, 4.69) is 22.6 Å². The molecule has 0 aromatic heterocycles. The molecule has 6 nitrogen and oxygen atoms in total. The van der Waals surface area contributed by atoms with Crippen LogP contribution in [-0.4, -0.2) is 24.9 Å². The molecule has 7 heteroatoms. The summed E-state index contributed by atoms with van der Waals surface area (Å²) in [6.45, 7) is 0. The van der Waals surface area contributed by atoms with Crippen molar-refractivity contribution >= 4 is 40.1 Å². The number of benzene rings is 2. The highest BCUT2D eigenvalue weighted by molar-refractivity contribution is 14.1. The molecule has 0 aliphatic heterocycles. The van der Waals surface area contributed by atoms with E-state index >= 15 is 0 Å². The molecule has 0 unspecified atom stereocenters. The van der Waals surface area contributed by atoms with Gasteiger partial charge >= 0.3 is 0 Å². The molecule has 124 valence electrons. The largest absolute Gasteiger partial charge is 0.493 e. The van der Waals surface area contributed by atoms with E-state index in [1.807, 2.05) is 12.1 Å². The first-order chi connectivity index (χ1) is 11.5. The molecule has 0 aliphatic carbocycles. The summed E-state index contributed by atoms with van der Waals surface area (Å²) in [5, 5.41) is 11.2. The fourth-order valence-corrected chi connectivity index (χ4v) is 2.41. The molecule has 0 fully saturated rings. The van der Waals surface area contributed by atoms with Gasteiger partial charge in [0, 0.05) is 9.13 Å². The molecule has 0 saturated carbocycles. The predicted molar refractivity (Wildman–Crippen MR) is 98.7 cm³/mol. The lowest BCUT2D eigenvalue weighted by Gasteiger charge is -2.08. The van der Waals surface area contributed by atoms with Crippen molar-refractivity contribution in [3.63, 3.8) is 0 Å². The summed E-state index contributed by atoms with van der Waals surface area (Å²) in [4.78, 5) is 22.9. The SMILES string of the molecule is COc1cc(C=CC(=O)c2ccc(I)cc2)c([N+](=O)[O-])cc1OC. The smallest absolute Gasteiger partial charge is 0.280 e. The lowest BCUT2D eigenvalue weighted by atomic mass is 10.1. The minimum absolute atomic E-state index is 0.167. The molecular weight excluding hydrogens is 425 g/mol. The number of rotatable bonds is 6. The quantitative estimate of drug-likeness (QED) is 0.223. The third kappa shape index (κ3) is 4.10. The van der Waals surface area contributed by atoms with Gasteiger partial charge in [0.05, 0.1) is 30.8 Å². The zero-order valence-corrected chi connectivity index (χ0v) is 15.1. The first-order valence-electron chi connectivity index (χ1n) is 6.84. The minimum Gasteiger partial charge on any atom is -0.493 e. The fourth-order valence-electron chi connectivity index (χ4n) is 2.05. The number of hydrogen-bond donors (Lipinski definition) is 0. The Labute approximate surface area is 152 Å². The van der Waals surface area contributed by atoms with Crippen molar-refractivity contribution in [2.45, 2.75) is 0 Å². The van der Waals surface area contributed by atoms with Crippen LogP contribution < -0.4 is 9.47 Å². The summed E-state index contributed by atoms with van der Waals surface area (Å²) in [5.41, 5.74) is 0.602. The number of nitro groups is 1. The summed E-state index contributed by atoms with van der Waals surface area (Å²) in [7, 11) is 2.84. The summed E-state index contributed by atoms with van der Waals surface area (Å²) >= 11 is 2.15. The number of hydrogen-bond acceptors (Lipinski definition) is 5. The van der Waals surface area contributed by atoms with Gasteiger partial charge in [-0.3, -0.25) is 14.9 Å². The monoisotopic (exact) mass is 439 g/mol. The predicted octanol–water partition coefficient (Wildman–Crippen LogP) is 4.11. The molecule has 2 aromatic carbocycles. The number of nitrogens with zero attached hydrogens (tertiary/aromatic N) is 1. The molecule has 0 amide bonds. The fraction of sp³-hybridized carbons (Fsp3) is 0.118. The second-order valence-corrected chi connectivity index (χ2v) is 5.97. The van der Waals surface area contributed by atoms with Gasteiger partial charge in [-0.05, 0) is 52.9 Å². The molecule has 0 heterocycles. The molecule has 24 heavy (non-hydrogen) atoms. The van der Waals surface area contributed by atoms with Gasteiger partial charge in [-0.25, -0.2) is 0 Å². The van der Waals surface area contributed by atoms with Crippen molar-refractivity contribution in [2.24, 2.45) is 0 Å². The van der Waals surface area contributed by atoms with Crippen molar-refractivity contribution in [1.82, 2.24) is 0 Å². The van der Waals surface area contributed by atoms with E-state index in [4.69, 9.17) is 9.47 Å². The molecule has 2 rings (SSSR count). The van der Waals surface area contributed by atoms with E-state index in [0.717, 1.165) is 3.57 Å². The number of carbonyl (C=O) groups excluding carboxylic acids is 1. The van der Waals surface area contributed by atoms with Crippen LogP contribution in [0.3, 0.4) is 0 Å². The van der Waals surface area contributed by atoms with Gasteiger partial charge in [0.2, 0.25) is 0 Å². The Morgan fingerprint density at radius 1 is 1.12 bits per heavy atom. The average Bonchev–Trinajstić information content (AvgIpc) is 2.59. The van der Waals surface area contributed by atoms with Gasteiger partial charge in [0.25, 0.3) is 5.69 Å². The molecule has 0 spiro atoms. The van der Waals surface area contributed by atoms with Crippen molar-refractivity contribution in [3.05, 3.63) is 67.3 Å². The van der Waals surface area contributed by atoms with Gasteiger partial charge in [0.15, 0.2) is 17.3 Å². The van der Waals surface area contributed by atoms with Crippen LogP contribution in [0.5, 0.6) is 11.5 Å². The lowest BCUT2D eigenvalue weighted by Crippen LogP contribution is -1.98. The number of ketones is 1. The van der Waals surface area contributed by atoms with E-state index in [-0.39, 0.29) is 22.8 Å². The van der Waals surface area contributed by atoms with Gasteiger partial charge in [0.1, 0.15) is 0 Å². The summed E-state index contributed by atoms with van der Waals surface area (Å²) in [6, 6.07) is 9.79. The van der Waals surface area contributed by atoms with Crippen LogP contribution in [0.15, 0.2) is 42.5 Å². The Kier molecular flexibility index (Phi) is 5.91. The first-order valence-corrected chi connectivity index (χ1v) is 7.92. The summed E-state index contributed by atoms with van der Waals surface area (Å²) in [5.74, 6) is 0.366. The number of carbonyl (C=O) groups is 1. The molecular formula is C17H14INO5. The topological polar surface area (TPSA) is 78.7 Å². The van der Waals surface area contributed by atoms with Gasteiger partial charge in [-0.15, -0.1) is 0 Å². The normalized spacial score (nSPS) is 10.6. The van der Waals surface area contributed by atoms with Crippen molar-refractivity contribution in [2.75, 3.05) is 14.2 Å². The molecule has 0 atom stereocenters. The van der Waals surface area contributed by atoms with E-state index in [1.54, 1.807) is 12.1 Å². The second-order valence-electron chi connectivity index (χ2n) is 4.73. The standard InChI is InChI=1S/C17H14INO5/c1-23-16-9-12(14(19(21)22)10-17(16)24-2)5-8-15(20)11-3-6-13(18)7-4-11/h3-10H,1-2H3. The maximum atomic E-state index is 12.2. The number of allylic oxidation sites excluding steroid dienone is 1. The number of nitro benzene ring substituents is 1. The summed E-state index contributed by atoms with van der Waals surface area (Å²) < 4.78 is 11.2. The molecule has 0 saturated heterocycles. The van der Waals surface area contributed by atoms with Crippen LogP contribution in [0.25, 0.3) is 6.08 Å². The van der Waals surface area contributed by atoms with Crippen LogP contribution in [0.4, 0.5) is 5.69 Å². The molecule has 0 radical (unpaired) electrons. The van der Waals surface area contributed by atoms with E-state index in [9.17, 15) is 14.9 Å². The number of halogens is 1. The van der Waals surface area contributed by atoms with Crippen molar-refractivity contribution in [1.29, 1.82) is 0 Å². The van der Waals surface area contributed by atoms with Gasteiger partial charge in [-0.1, -0.05) is 12.1 Å².